The van der Waals surface area contributed by atoms with Gasteiger partial charge in [-0.15, -0.1) is 0 Å². The van der Waals surface area contributed by atoms with E-state index in [-0.39, 0.29) is 11.2 Å². The predicted molar refractivity (Wildman–Crippen MR) is 104 cm³/mol. The number of aromatic nitrogens is 1. The molecule has 2 atom stereocenters. The van der Waals surface area contributed by atoms with E-state index in [4.69, 9.17) is 23.2 Å². The van der Waals surface area contributed by atoms with Crippen LogP contribution in [-0.4, -0.2) is 29.2 Å². The molecule has 0 saturated heterocycles. The summed E-state index contributed by atoms with van der Waals surface area (Å²) in [6.07, 6.45) is 5.02. The number of rotatable bonds is 3. The van der Waals surface area contributed by atoms with Gasteiger partial charge in [-0.05, 0) is 62.5 Å². The van der Waals surface area contributed by atoms with Gasteiger partial charge < -0.3 is 9.88 Å². The zero-order valence-electron chi connectivity index (χ0n) is 14.8. The van der Waals surface area contributed by atoms with Crippen molar-refractivity contribution in [1.82, 2.24) is 9.88 Å². The number of carbonyl (C=O) groups is 2. The summed E-state index contributed by atoms with van der Waals surface area (Å²) in [6, 6.07) is 6.25. The van der Waals surface area contributed by atoms with Gasteiger partial charge in [0.2, 0.25) is 5.24 Å². The fraction of sp³-hybridized carbons (Fsp3) is 0.474. The average Bonchev–Trinajstić information content (AvgIpc) is 2.95. The molecule has 1 aromatic heterocycles. The van der Waals surface area contributed by atoms with Gasteiger partial charge in [-0.2, -0.15) is 0 Å². The van der Waals surface area contributed by atoms with E-state index in [9.17, 15) is 9.59 Å². The molecule has 0 amide bonds. The van der Waals surface area contributed by atoms with E-state index < -0.39 is 0 Å². The van der Waals surface area contributed by atoms with Crippen molar-refractivity contribution in [3.8, 4) is 0 Å². The summed E-state index contributed by atoms with van der Waals surface area (Å²) in [6.45, 7) is 1.95. The van der Waals surface area contributed by atoms with Crippen LogP contribution in [0.1, 0.15) is 41.7 Å². The molecule has 136 valence electrons. The number of aldehydes is 1. The SMILES string of the molecule is CNC1CCCC(C(=O)Cl)C1.Cc1ccc2c(cc(C=O)n2C)c1Cl. The predicted octanol–water partition coefficient (Wildman–Crippen LogP) is 4.48. The Balaban J connectivity index is 0.000000186. The van der Waals surface area contributed by atoms with E-state index in [1.807, 2.05) is 43.8 Å². The number of fused-ring (bicyclic) bond motifs is 1. The van der Waals surface area contributed by atoms with Crippen LogP contribution in [0.25, 0.3) is 10.9 Å². The molecule has 1 heterocycles. The van der Waals surface area contributed by atoms with Crippen LogP contribution in [-0.2, 0) is 11.8 Å². The first kappa shape index (κ1) is 20.0. The Hall–Kier alpha value is -1.36. The zero-order valence-corrected chi connectivity index (χ0v) is 16.3. The quantitative estimate of drug-likeness (QED) is 0.628. The van der Waals surface area contributed by atoms with E-state index in [0.29, 0.717) is 11.7 Å². The summed E-state index contributed by atoms with van der Waals surface area (Å²) >= 11 is 11.6. The van der Waals surface area contributed by atoms with E-state index in [1.54, 1.807) is 0 Å². The standard InChI is InChI=1S/C11H10ClNO.C8H14ClNO/c1-7-3-4-10-9(11(7)12)5-8(6-14)13(10)2;1-10-7-4-2-3-6(5-7)8(9)11/h3-6H,1-2H3;6-7,10H,2-5H2,1H3. The largest absolute Gasteiger partial charge is 0.341 e. The smallest absolute Gasteiger partial charge is 0.224 e. The van der Waals surface area contributed by atoms with Crippen molar-refractivity contribution in [3.05, 3.63) is 34.5 Å². The Morgan fingerprint density at radius 3 is 2.68 bits per heavy atom. The van der Waals surface area contributed by atoms with Gasteiger partial charge in [0.25, 0.3) is 0 Å². The molecule has 1 aromatic carbocycles. The third-order valence-corrected chi connectivity index (χ3v) is 5.73. The summed E-state index contributed by atoms with van der Waals surface area (Å²) < 4.78 is 1.84. The highest BCUT2D eigenvalue weighted by molar-refractivity contribution is 6.64. The van der Waals surface area contributed by atoms with Crippen molar-refractivity contribution >= 4 is 45.6 Å². The van der Waals surface area contributed by atoms with Crippen LogP contribution in [0, 0.1) is 12.8 Å². The molecule has 0 spiro atoms. The van der Waals surface area contributed by atoms with Crippen LogP contribution in [0.15, 0.2) is 18.2 Å². The highest BCUT2D eigenvalue weighted by Gasteiger charge is 2.24. The van der Waals surface area contributed by atoms with Crippen LogP contribution in [0.3, 0.4) is 0 Å². The Bertz CT molecular complexity index is 770. The van der Waals surface area contributed by atoms with Crippen molar-refractivity contribution in [2.75, 3.05) is 7.05 Å². The number of halogens is 2. The Morgan fingerprint density at radius 1 is 1.36 bits per heavy atom. The minimum atomic E-state index is -0.162. The third-order valence-electron chi connectivity index (χ3n) is 4.91. The average molecular weight is 383 g/mol. The molecule has 25 heavy (non-hydrogen) atoms. The minimum Gasteiger partial charge on any atom is -0.341 e. The fourth-order valence-electron chi connectivity index (χ4n) is 3.28. The zero-order chi connectivity index (χ0) is 18.6. The number of benzene rings is 1. The van der Waals surface area contributed by atoms with Crippen molar-refractivity contribution < 1.29 is 9.59 Å². The first-order valence-corrected chi connectivity index (χ1v) is 9.21. The molecular formula is C19H24Cl2N2O2. The summed E-state index contributed by atoms with van der Waals surface area (Å²) in [7, 11) is 3.80. The number of carbonyl (C=O) groups excluding carboxylic acids is 2. The lowest BCUT2D eigenvalue weighted by Crippen LogP contribution is -2.33. The number of hydrogen-bond donors (Lipinski definition) is 1. The van der Waals surface area contributed by atoms with Gasteiger partial charge in [-0.25, -0.2) is 0 Å². The van der Waals surface area contributed by atoms with Crippen LogP contribution >= 0.6 is 23.2 Å². The lowest BCUT2D eigenvalue weighted by atomic mass is 9.87. The van der Waals surface area contributed by atoms with E-state index in [2.05, 4.69) is 5.32 Å². The molecule has 3 rings (SSSR count). The van der Waals surface area contributed by atoms with Crippen molar-refractivity contribution in [3.63, 3.8) is 0 Å². The van der Waals surface area contributed by atoms with Crippen molar-refractivity contribution in [2.45, 2.75) is 38.6 Å². The van der Waals surface area contributed by atoms with E-state index in [0.717, 1.165) is 47.0 Å². The Kier molecular flexibility index (Phi) is 7.05. The normalized spacial score (nSPS) is 20.0. The maximum atomic E-state index is 10.8. The second-order valence-electron chi connectivity index (χ2n) is 6.53. The second kappa shape index (κ2) is 8.84. The maximum Gasteiger partial charge on any atom is 0.224 e. The highest BCUT2D eigenvalue weighted by Crippen LogP contribution is 2.28. The molecular weight excluding hydrogens is 359 g/mol. The van der Waals surface area contributed by atoms with Crippen LogP contribution < -0.4 is 5.32 Å². The first-order chi connectivity index (χ1) is 11.9. The van der Waals surface area contributed by atoms with Gasteiger partial charge in [-0.3, -0.25) is 9.59 Å². The van der Waals surface area contributed by atoms with Crippen LogP contribution in [0.5, 0.6) is 0 Å². The number of aryl methyl sites for hydroxylation is 2. The summed E-state index contributed by atoms with van der Waals surface area (Å²) in [5, 5.41) is 4.68. The molecule has 0 bridgehead atoms. The van der Waals surface area contributed by atoms with Crippen LogP contribution in [0.4, 0.5) is 0 Å². The summed E-state index contributed by atoms with van der Waals surface area (Å²) in [5.74, 6) is 0.0999. The number of nitrogens with zero attached hydrogens (tertiary/aromatic N) is 1. The molecule has 2 aromatic rings. The fourth-order valence-corrected chi connectivity index (χ4v) is 3.69. The molecule has 1 aliphatic rings. The van der Waals surface area contributed by atoms with Crippen LogP contribution in [0.2, 0.25) is 5.02 Å². The molecule has 2 unspecified atom stereocenters. The van der Waals surface area contributed by atoms with Crippen molar-refractivity contribution in [1.29, 1.82) is 0 Å². The maximum absolute atomic E-state index is 10.8. The van der Waals surface area contributed by atoms with E-state index in [1.165, 1.54) is 6.42 Å². The van der Waals surface area contributed by atoms with Gasteiger partial charge in [0.05, 0.1) is 10.7 Å². The molecule has 1 fully saturated rings. The lowest BCUT2D eigenvalue weighted by Gasteiger charge is -2.26. The molecule has 0 radical (unpaired) electrons. The molecule has 1 N–H and O–H groups in total. The topological polar surface area (TPSA) is 51.1 Å². The third kappa shape index (κ3) is 4.63. The highest BCUT2D eigenvalue weighted by atomic mass is 35.5. The molecule has 6 heteroatoms. The van der Waals surface area contributed by atoms with Gasteiger partial charge in [0, 0.05) is 29.9 Å². The molecule has 1 saturated carbocycles. The summed E-state index contributed by atoms with van der Waals surface area (Å²) in [5.41, 5.74) is 2.66. The van der Waals surface area contributed by atoms with Crippen molar-refractivity contribution in [2.24, 2.45) is 13.0 Å². The number of nitrogens with one attached hydrogen (secondary N) is 1. The summed E-state index contributed by atoms with van der Waals surface area (Å²) in [4.78, 5) is 21.5. The first-order valence-electron chi connectivity index (χ1n) is 8.45. The van der Waals surface area contributed by atoms with Gasteiger partial charge in [0.15, 0.2) is 6.29 Å². The Labute approximate surface area is 158 Å². The molecule has 0 aliphatic heterocycles. The minimum absolute atomic E-state index is 0.0999. The lowest BCUT2D eigenvalue weighted by molar-refractivity contribution is -0.116. The number of hydrogen-bond acceptors (Lipinski definition) is 3. The van der Waals surface area contributed by atoms with Gasteiger partial charge >= 0.3 is 0 Å². The Morgan fingerprint density at radius 2 is 2.08 bits per heavy atom. The molecule has 1 aliphatic carbocycles. The van der Waals surface area contributed by atoms with E-state index >= 15 is 0 Å². The monoisotopic (exact) mass is 382 g/mol. The second-order valence-corrected chi connectivity index (χ2v) is 7.28. The van der Waals surface area contributed by atoms with Gasteiger partial charge in [-0.1, -0.05) is 24.1 Å². The molecule has 4 nitrogen and oxygen atoms in total. The van der Waals surface area contributed by atoms with Gasteiger partial charge in [0.1, 0.15) is 0 Å².